The number of hydrogen-bond donors (Lipinski definition) is 1. The molecule has 0 radical (unpaired) electrons. The Bertz CT molecular complexity index is 952. The number of hydrogen-bond acceptors (Lipinski definition) is 6. The summed E-state index contributed by atoms with van der Waals surface area (Å²) < 4.78 is 44.4. The van der Waals surface area contributed by atoms with Gasteiger partial charge in [0, 0.05) is 11.5 Å². The molecule has 2 aromatic rings. The maximum Gasteiger partial charge on any atom is 0.335 e. The molecule has 1 aromatic heterocycles. The van der Waals surface area contributed by atoms with Crippen LogP contribution < -0.4 is 5.32 Å². The lowest BCUT2D eigenvalue weighted by Gasteiger charge is -2.25. The first-order valence-corrected chi connectivity index (χ1v) is 11.5. The van der Waals surface area contributed by atoms with Gasteiger partial charge in [-0.1, -0.05) is 56.4 Å². The minimum atomic E-state index is -4.02. The van der Waals surface area contributed by atoms with Gasteiger partial charge in [0.1, 0.15) is 11.9 Å². The van der Waals surface area contributed by atoms with Crippen molar-refractivity contribution in [2.45, 2.75) is 63.0 Å². The van der Waals surface area contributed by atoms with Crippen LogP contribution in [0.15, 0.2) is 33.9 Å². The number of sulfone groups is 1. The summed E-state index contributed by atoms with van der Waals surface area (Å²) in [5.41, 5.74) is 0.0262. The van der Waals surface area contributed by atoms with Crippen molar-refractivity contribution in [3.63, 3.8) is 0 Å². The van der Waals surface area contributed by atoms with Crippen molar-refractivity contribution in [2.75, 3.05) is 0 Å². The monoisotopic (exact) mass is 423 g/mol. The summed E-state index contributed by atoms with van der Waals surface area (Å²) >= 11 is 0. The van der Waals surface area contributed by atoms with Crippen LogP contribution in [0.1, 0.15) is 63.4 Å². The topological polar surface area (TPSA) is 102 Å². The normalized spacial score (nSPS) is 16.7. The number of rotatable bonds is 7. The maximum absolute atomic E-state index is 13.8. The molecular weight excluding hydrogens is 397 g/mol. The second-order valence-corrected chi connectivity index (χ2v) is 9.69. The Morgan fingerprint density at radius 2 is 1.90 bits per heavy atom. The Morgan fingerprint density at radius 1 is 1.21 bits per heavy atom. The van der Waals surface area contributed by atoms with E-state index in [4.69, 9.17) is 4.42 Å². The fraction of sp³-hybridized carbons (Fsp3) is 0.550. The molecule has 1 N–H and O–H groups in total. The first-order valence-electron chi connectivity index (χ1n) is 9.88. The van der Waals surface area contributed by atoms with Crippen molar-refractivity contribution in [1.82, 2.24) is 15.5 Å². The standard InChI is InChI=1S/C20H26FN3O4S/c1-13(2)17(22-18(25)14-8-4-3-5-9-14)19-23-24-20(28-19)29(26,27)12-15-10-6-7-11-16(15)21/h6-7,10-11,13-14,17H,3-5,8-9,12H2,1-2H3,(H,22,25)/t17-/m0/s1. The molecule has 1 aromatic carbocycles. The molecule has 1 saturated carbocycles. The Morgan fingerprint density at radius 3 is 2.55 bits per heavy atom. The molecule has 1 aliphatic rings. The largest absolute Gasteiger partial charge is 0.410 e. The van der Waals surface area contributed by atoms with E-state index in [1.54, 1.807) is 6.07 Å². The molecule has 0 bridgehead atoms. The first kappa shape index (κ1) is 21.4. The van der Waals surface area contributed by atoms with Crippen LogP contribution in [0.4, 0.5) is 4.39 Å². The van der Waals surface area contributed by atoms with Gasteiger partial charge in [0.05, 0.1) is 5.75 Å². The zero-order valence-corrected chi connectivity index (χ0v) is 17.4. The Hall–Kier alpha value is -2.29. The highest BCUT2D eigenvalue weighted by Crippen LogP contribution is 2.27. The van der Waals surface area contributed by atoms with Gasteiger partial charge >= 0.3 is 5.22 Å². The molecule has 29 heavy (non-hydrogen) atoms. The third-order valence-electron chi connectivity index (χ3n) is 5.20. The Labute approximate surface area is 170 Å². The van der Waals surface area contributed by atoms with Crippen LogP contribution in [-0.4, -0.2) is 24.5 Å². The smallest absolute Gasteiger partial charge is 0.335 e. The van der Waals surface area contributed by atoms with E-state index in [-0.39, 0.29) is 29.2 Å². The van der Waals surface area contributed by atoms with Gasteiger partial charge in [-0.3, -0.25) is 4.79 Å². The molecule has 1 fully saturated rings. The van der Waals surface area contributed by atoms with E-state index >= 15 is 0 Å². The van der Waals surface area contributed by atoms with Crippen molar-refractivity contribution in [3.05, 3.63) is 41.5 Å². The van der Waals surface area contributed by atoms with E-state index < -0.39 is 32.7 Å². The van der Waals surface area contributed by atoms with Gasteiger partial charge in [-0.05, 0) is 24.8 Å². The molecule has 1 atom stereocenters. The predicted octanol–water partition coefficient (Wildman–Crippen LogP) is 3.58. The zero-order valence-electron chi connectivity index (χ0n) is 16.6. The Kier molecular flexibility index (Phi) is 6.66. The minimum absolute atomic E-state index is 0.0262. The lowest BCUT2D eigenvalue weighted by molar-refractivity contribution is -0.127. The quantitative estimate of drug-likeness (QED) is 0.730. The van der Waals surface area contributed by atoms with Crippen molar-refractivity contribution in [3.8, 4) is 0 Å². The summed E-state index contributed by atoms with van der Waals surface area (Å²) in [5.74, 6) is -1.35. The second kappa shape index (κ2) is 9.02. The van der Waals surface area contributed by atoms with Crippen LogP contribution in [0.3, 0.4) is 0 Å². The molecule has 0 spiro atoms. The van der Waals surface area contributed by atoms with Crippen LogP contribution in [0.25, 0.3) is 0 Å². The van der Waals surface area contributed by atoms with E-state index in [0.717, 1.165) is 32.1 Å². The van der Waals surface area contributed by atoms with Crippen LogP contribution in [0.5, 0.6) is 0 Å². The third-order valence-corrected chi connectivity index (χ3v) is 6.59. The number of carbonyl (C=O) groups is 1. The number of nitrogens with zero attached hydrogens (tertiary/aromatic N) is 2. The lowest BCUT2D eigenvalue weighted by atomic mass is 9.88. The molecule has 1 aliphatic carbocycles. The highest BCUT2D eigenvalue weighted by molar-refractivity contribution is 7.90. The summed E-state index contributed by atoms with van der Waals surface area (Å²) in [6.07, 6.45) is 4.91. The maximum atomic E-state index is 13.8. The number of benzene rings is 1. The molecule has 0 saturated heterocycles. The number of amides is 1. The number of aromatic nitrogens is 2. The highest BCUT2D eigenvalue weighted by atomic mass is 32.2. The SMILES string of the molecule is CC(C)[C@H](NC(=O)C1CCCCC1)c1nnc(S(=O)(=O)Cc2ccccc2F)o1. The van der Waals surface area contributed by atoms with E-state index in [2.05, 4.69) is 15.5 Å². The van der Waals surface area contributed by atoms with Crippen molar-refractivity contribution in [2.24, 2.45) is 11.8 Å². The molecule has 1 heterocycles. The van der Waals surface area contributed by atoms with Gasteiger partial charge in [0.25, 0.3) is 0 Å². The molecule has 0 unspecified atom stereocenters. The van der Waals surface area contributed by atoms with E-state index in [9.17, 15) is 17.6 Å². The lowest BCUT2D eigenvalue weighted by Crippen LogP contribution is -2.37. The van der Waals surface area contributed by atoms with Gasteiger partial charge in [-0.25, -0.2) is 12.8 Å². The van der Waals surface area contributed by atoms with Crippen LogP contribution >= 0.6 is 0 Å². The molecule has 7 nitrogen and oxygen atoms in total. The molecule has 9 heteroatoms. The summed E-state index contributed by atoms with van der Waals surface area (Å²) in [6.45, 7) is 3.76. The van der Waals surface area contributed by atoms with Crippen LogP contribution in [-0.2, 0) is 20.4 Å². The summed E-state index contributed by atoms with van der Waals surface area (Å²) in [6, 6.07) is 5.04. The number of nitrogens with one attached hydrogen (secondary N) is 1. The number of carbonyl (C=O) groups excluding carboxylic acids is 1. The van der Waals surface area contributed by atoms with E-state index in [1.807, 2.05) is 13.8 Å². The fourth-order valence-electron chi connectivity index (χ4n) is 3.50. The van der Waals surface area contributed by atoms with Gasteiger partial charge in [0.15, 0.2) is 0 Å². The summed E-state index contributed by atoms with van der Waals surface area (Å²) in [4.78, 5) is 12.6. The molecule has 1 amide bonds. The summed E-state index contributed by atoms with van der Waals surface area (Å²) in [5, 5.41) is 9.88. The molecule has 158 valence electrons. The van der Waals surface area contributed by atoms with Gasteiger partial charge in [-0.2, -0.15) is 0 Å². The molecule has 3 rings (SSSR count). The average Bonchev–Trinajstić information content (AvgIpc) is 3.19. The first-order chi connectivity index (χ1) is 13.8. The second-order valence-electron chi connectivity index (χ2n) is 7.82. The summed E-state index contributed by atoms with van der Waals surface area (Å²) in [7, 11) is -4.02. The van der Waals surface area contributed by atoms with Crippen LogP contribution in [0, 0.1) is 17.7 Å². The molecule has 0 aliphatic heterocycles. The van der Waals surface area contributed by atoms with E-state index in [1.165, 1.54) is 18.2 Å². The minimum Gasteiger partial charge on any atom is -0.410 e. The average molecular weight is 424 g/mol. The van der Waals surface area contributed by atoms with Crippen molar-refractivity contribution < 1.29 is 22.0 Å². The fourth-order valence-corrected chi connectivity index (χ4v) is 4.65. The zero-order chi connectivity index (χ0) is 21.0. The van der Waals surface area contributed by atoms with Gasteiger partial charge in [-0.15, -0.1) is 5.10 Å². The predicted molar refractivity (Wildman–Crippen MR) is 104 cm³/mol. The van der Waals surface area contributed by atoms with Crippen molar-refractivity contribution in [1.29, 1.82) is 0 Å². The highest BCUT2D eigenvalue weighted by Gasteiger charge is 2.31. The van der Waals surface area contributed by atoms with Gasteiger partial charge < -0.3 is 9.73 Å². The van der Waals surface area contributed by atoms with Crippen molar-refractivity contribution >= 4 is 15.7 Å². The Balaban J connectivity index is 1.76. The van der Waals surface area contributed by atoms with Gasteiger partial charge in [0.2, 0.25) is 21.6 Å². The third kappa shape index (κ3) is 5.20. The number of halogens is 1. The van der Waals surface area contributed by atoms with E-state index in [0.29, 0.717) is 0 Å². The molecular formula is C20H26FN3O4S. The van der Waals surface area contributed by atoms with Crippen LogP contribution in [0.2, 0.25) is 0 Å².